The van der Waals surface area contributed by atoms with Crippen LogP contribution in [0.3, 0.4) is 0 Å². The highest BCUT2D eigenvalue weighted by Crippen LogP contribution is 2.30. The van der Waals surface area contributed by atoms with Gasteiger partial charge in [-0.25, -0.2) is 4.79 Å². The van der Waals surface area contributed by atoms with Crippen LogP contribution in [-0.2, 0) is 4.79 Å². The molecule has 0 saturated heterocycles. The first-order valence-electron chi connectivity index (χ1n) is 8.03. The summed E-state index contributed by atoms with van der Waals surface area (Å²) in [6.07, 6.45) is 1.85. The van der Waals surface area contributed by atoms with Crippen LogP contribution >= 0.6 is 0 Å². The highest BCUT2D eigenvalue weighted by molar-refractivity contribution is 6.06. The Bertz CT molecular complexity index is 1030. The lowest BCUT2D eigenvalue weighted by Crippen LogP contribution is -2.15. The minimum Gasteiger partial charge on any atom is -0.326 e. The number of hydrogen-bond acceptors (Lipinski definition) is 3. The van der Waals surface area contributed by atoms with Crippen molar-refractivity contribution in [3.63, 3.8) is 0 Å². The van der Waals surface area contributed by atoms with Crippen LogP contribution in [0.25, 0.3) is 11.0 Å². The molecule has 2 amide bonds. The van der Waals surface area contributed by atoms with Crippen LogP contribution in [0.5, 0.6) is 0 Å². The number of fused-ring (bicyclic) bond motifs is 1. The Morgan fingerprint density at radius 3 is 2.48 bits per heavy atom. The number of rotatable bonds is 4. The summed E-state index contributed by atoms with van der Waals surface area (Å²) in [7, 11) is 0. The molecule has 126 valence electrons. The molecule has 25 heavy (non-hydrogen) atoms. The fraction of sp³-hybridized carbons (Fsp3) is 0.167. The molecule has 4 rings (SSSR count). The lowest BCUT2D eigenvalue weighted by atomic mass is 10.1. The fourth-order valence-electron chi connectivity index (χ4n) is 2.64. The van der Waals surface area contributed by atoms with E-state index in [0.717, 1.165) is 12.8 Å². The van der Waals surface area contributed by atoms with Crippen molar-refractivity contribution in [2.75, 3.05) is 10.6 Å². The van der Waals surface area contributed by atoms with Crippen molar-refractivity contribution in [2.24, 2.45) is 5.92 Å². The highest BCUT2D eigenvalue weighted by Gasteiger charge is 2.29. The van der Waals surface area contributed by atoms with Gasteiger partial charge >= 0.3 is 5.69 Å². The van der Waals surface area contributed by atoms with Crippen LogP contribution in [0.4, 0.5) is 11.4 Å². The Hall–Kier alpha value is -3.35. The molecule has 0 radical (unpaired) electrons. The average Bonchev–Trinajstić information content (AvgIpc) is 3.37. The van der Waals surface area contributed by atoms with Gasteiger partial charge in [0.25, 0.3) is 5.91 Å². The number of nitrogens with one attached hydrogen (secondary N) is 4. The van der Waals surface area contributed by atoms with Crippen molar-refractivity contribution in [3.8, 4) is 0 Å². The number of aromatic nitrogens is 2. The molecule has 1 aliphatic carbocycles. The van der Waals surface area contributed by atoms with Crippen molar-refractivity contribution in [1.29, 1.82) is 0 Å². The second kappa shape index (κ2) is 5.94. The first kappa shape index (κ1) is 15.2. The Kier molecular flexibility index (Phi) is 3.61. The zero-order valence-electron chi connectivity index (χ0n) is 13.3. The van der Waals surface area contributed by atoms with Crippen molar-refractivity contribution >= 4 is 34.2 Å². The van der Waals surface area contributed by atoms with E-state index >= 15 is 0 Å². The van der Waals surface area contributed by atoms with Crippen molar-refractivity contribution in [1.82, 2.24) is 9.97 Å². The SMILES string of the molecule is O=C(Nc1ccc2[nH]c(=O)[nH]c2c1)c1cccc(NC(=O)C2CC2)c1. The first-order valence-corrected chi connectivity index (χ1v) is 8.03. The molecule has 4 N–H and O–H groups in total. The predicted octanol–water partition coefficient (Wildman–Crippen LogP) is 2.46. The second-order valence-electron chi connectivity index (χ2n) is 6.14. The van der Waals surface area contributed by atoms with E-state index in [4.69, 9.17) is 0 Å². The van der Waals surface area contributed by atoms with Gasteiger partial charge in [0.1, 0.15) is 0 Å². The largest absolute Gasteiger partial charge is 0.326 e. The van der Waals surface area contributed by atoms with Gasteiger partial charge in [0.2, 0.25) is 5.91 Å². The quantitative estimate of drug-likeness (QED) is 0.588. The summed E-state index contributed by atoms with van der Waals surface area (Å²) < 4.78 is 0. The van der Waals surface area contributed by atoms with Crippen LogP contribution in [-0.4, -0.2) is 21.8 Å². The van der Waals surface area contributed by atoms with E-state index in [1.165, 1.54) is 0 Å². The third kappa shape index (κ3) is 3.30. The Labute approximate surface area is 142 Å². The smallest absolute Gasteiger partial charge is 0.323 e. The molecule has 0 bridgehead atoms. The number of amides is 2. The van der Waals surface area contributed by atoms with Gasteiger partial charge in [0.15, 0.2) is 0 Å². The molecule has 0 atom stereocenters. The average molecular weight is 336 g/mol. The molecule has 3 aromatic rings. The molecule has 1 aromatic heterocycles. The summed E-state index contributed by atoms with van der Waals surface area (Å²) in [6, 6.07) is 11.9. The van der Waals surface area contributed by atoms with E-state index in [1.807, 2.05) is 0 Å². The lowest BCUT2D eigenvalue weighted by Gasteiger charge is -2.08. The maximum atomic E-state index is 12.4. The number of H-pyrrole nitrogens is 2. The van der Waals surface area contributed by atoms with E-state index in [9.17, 15) is 14.4 Å². The van der Waals surface area contributed by atoms with Gasteiger partial charge in [-0.1, -0.05) is 6.07 Å². The van der Waals surface area contributed by atoms with Crippen molar-refractivity contribution in [3.05, 3.63) is 58.5 Å². The lowest BCUT2D eigenvalue weighted by molar-refractivity contribution is -0.117. The molecule has 1 saturated carbocycles. The van der Waals surface area contributed by atoms with Crippen molar-refractivity contribution < 1.29 is 9.59 Å². The minimum atomic E-state index is -0.294. The monoisotopic (exact) mass is 336 g/mol. The number of carbonyl (C=O) groups excluding carboxylic acids is 2. The molecular formula is C18H16N4O3. The van der Waals surface area contributed by atoms with Crippen molar-refractivity contribution in [2.45, 2.75) is 12.8 Å². The number of benzene rings is 2. The molecule has 1 fully saturated rings. The number of carbonyl (C=O) groups is 2. The summed E-state index contributed by atoms with van der Waals surface area (Å²) in [5.74, 6) is -0.188. The van der Waals surface area contributed by atoms with E-state index in [0.29, 0.717) is 28.0 Å². The summed E-state index contributed by atoms with van der Waals surface area (Å²) in [5, 5.41) is 5.61. The van der Waals surface area contributed by atoms with Gasteiger partial charge in [0.05, 0.1) is 11.0 Å². The Morgan fingerprint density at radius 1 is 0.920 bits per heavy atom. The third-order valence-electron chi connectivity index (χ3n) is 4.11. The minimum absolute atomic E-state index is 0.000535. The van der Waals surface area contributed by atoms with Crippen LogP contribution < -0.4 is 16.3 Å². The fourth-order valence-corrected chi connectivity index (χ4v) is 2.64. The summed E-state index contributed by atoms with van der Waals surface area (Å²) >= 11 is 0. The number of hydrogen-bond donors (Lipinski definition) is 4. The maximum Gasteiger partial charge on any atom is 0.323 e. The first-order chi connectivity index (χ1) is 12.1. The third-order valence-corrected chi connectivity index (χ3v) is 4.11. The van der Waals surface area contributed by atoms with E-state index in [-0.39, 0.29) is 23.4 Å². The van der Waals surface area contributed by atoms with Gasteiger partial charge in [-0.2, -0.15) is 0 Å². The van der Waals surface area contributed by atoms with Gasteiger partial charge in [-0.15, -0.1) is 0 Å². The number of aromatic amines is 2. The molecular weight excluding hydrogens is 320 g/mol. The molecule has 0 unspecified atom stereocenters. The normalized spacial score (nSPS) is 13.6. The maximum absolute atomic E-state index is 12.4. The molecule has 1 aliphatic rings. The molecule has 1 heterocycles. The summed E-state index contributed by atoms with van der Waals surface area (Å²) in [4.78, 5) is 40.9. The summed E-state index contributed by atoms with van der Waals surface area (Å²) in [6.45, 7) is 0. The van der Waals surface area contributed by atoms with Crippen LogP contribution in [0.1, 0.15) is 23.2 Å². The molecule has 0 aliphatic heterocycles. The Balaban J connectivity index is 1.51. The molecule has 7 heteroatoms. The van der Waals surface area contributed by atoms with Gasteiger partial charge in [-0.05, 0) is 49.2 Å². The molecule has 0 spiro atoms. The zero-order valence-corrected chi connectivity index (χ0v) is 13.3. The second-order valence-corrected chi connectivity index (χ2v) is 6.14. The van der Waals surface area contributed by atoms with E-state index < -0.39 is 0 Å². The number of imidazole rings is 1. The summed E-state index contributed by atoms with van der Waals surface area (Å²) in [5.41, 5.74) is 2.62. The zero-order chi connectivity index (χ0) is 17.4. The van der Waals surface area contributed by atoms with E-state index in [2.05, 4.69) is 20.6 Å². The predicted molar refractivity (Wildman–Crippen MR) is 94.7 cm³/mol. The van der Waals surface area contributed by atoms with Crippen LogP contribution in [0, 0.1) is 5.92 Å². The van der Waals surface area contributed by atoms with E-state index in [1.54, 1.807) is 42.5 Å². The van der Waals surface area contributed by atoms with Gasteiger partial charge in [0, 0.05) is 22.9 Å². The highest BCUT2D eigenvalue weighted by atomic mass is 16.2. The number of anilines is 2. The topological polar surface area (TPSA) is 107 Å². The van der Waals surface area contributed by atoms with Gasteiger partial charge < -0.3 is 20.6 Å². The van der Waals surface area contributed by atoms with Crippen LogP contribution in [0.15, 0.2) is 47.3 Å². The van der Waals surface area contributed by atoms with Crippen LogP contribution in [0.2, 0.25) is 0 Å². The molecule has 7 nitrogen and oxygen atoms in total. The van der Waals surface area contributed by atoms with Gasteiger partial charge in [-0.3, -0.25) is 9.59 Å². The standard InChI is InChI=1S/C18H16N4O3/c23-16(10-4-5-10)19-12-3-1-2-11(8-12)17(24)20-13-6-7-14-15(9-13)22-18(25)21-14/h1-3,6-10H,4-5H2,(H,19,23)(H,20,24)(H2,21,22,25). The Morgan fingerprint density at radius 2 is 1.68 bits per heavy atom. The molecule has 2 aromatic carbocycles.